The highest BCUT2D eigenvalue weighted by molar-refractivity contribution is 5.82. The number of carbonyl (C=O) groups is 1. The van der Waals surface area contributed by atoms with Crippen LogP contribution in [0, 0.1) is 0 Å². The van der Waals surface area contributed by atoms with Gasteiger partial charge in [-0.05, 0) is 36.1 Å². The van der Waals surface area contributed by atoms with Crippen molar-refractivity contribution in [3.05, 3.63) is 29.3 Å². The van der Waals surface area contributed by atoms with Gasteiger partial charge in [-0.15, -0.1) is 0 Å². The van der Waals surface area contributed by atoms with E-state index in [1.807, 2.05) is 12.1 Å². The maximum Gasteiger partial charge on any atom is 0.225 e. The Kier molecular flexibility index (Phi) is 2.35. The van der Waals surface area contributed by atoms with Crippen LogP contribution in [0.1, 0.15) is 36.8 Å². The van der Waals surface area contributed by atoms with Gasteiger partial charge in [0, 0.05) is 0 Å². The molecular weight excluding hydrogens is 214 g/mol. The molecule has 90 valence electrons. The molecule has 17 heavy (non-hydrogen) atoms. The molecule has 1 fully saturated rings. The van der Waals surface area contributed by atoms with Crippen LogP contribution in [0.5, 0.6) is 5.75 Å². The van der Waals surface area contributed by atoms with Crippen molar-refractivity contribution >= 4 is 5.91 Å². The average molecular weight is 231 g/mol. The minimum Gasteiger partial charge on any atom is -0.497 e. The number of nitrogens with one attached hydrogen (secondary N) is 1. The van der Waals surface area contributed by atoms with Crippen LogP contribution >= 0.6 is 0 Å². The van der Waals surface area contributed by atoms with Crippen molar-refractivity contribution in [3.8, 4) is 5.75 Å². The molecule has 1 saturated carbocycles. The van der Waals surface area contributed by atoms with Gasteiger partial charge in [0.2, 0.25) is 5.91 Å². The zero-order chi connectivity index (χ0) is 11.9. The molecule has 1 aliphatic carbocycles. The van der Waals surface area contributed by atoms with E-state index in [0.29, 0.717) is 6.42 Å². The van der Waals surface area contributed by atoms with E-state index in [4.69, 9.17) is 4.74 Å². The first kappa shape index (κ1) is 10.6. The zero-order valence-electron chi connectivity index (χ0n) is 10.1. The highest BCUT2D eigenvalue weighted by atomic mass is 16.5. The van der Waals surface area contributed by atoms with Crippen LogP contribution in [0.15, 0.2) is 18.2 Å². The number of fused-ring (bicyclic) bond motifs is 2. The zero-order valence-corrected chi connectivity index (χ0v) is 10.1. The summed E-state index contributed by atoms with van der Waals surface area (Å²) in [5.41, 5.74) is 2.35. The van der Waals surface area contributed by atoms with Gasteiger partial charge in [-0.2, -0.15) is 0 Å². The second-order valence-corrected chi connectivity index (χ2v) is 5.04. The summed E-state index contributed by atoms with van der Waals surface area (Å²) in [5, 5.41) is 3.21. The van der Waals surface area contributed by atoms with E-state index in [1.54, 1.807) is 7.11 Å². The Bertz CT molecular complexity index is 461. The number of hydrogen-bond donors (Lipinski definition) is 1. The molecule has 0 radical (unpaired) electrons. The molecule has 0 aromatic heterocycles. The Labute approximate surface area is 101 Å². The molecule has 0 saturated heterocycles. The van der Waals surface area contributed by atoms with Crippen molar-refractivity contribution in [1.29, 1.82) is 0 Å². The normalized spacial score (nSPS) is 21.1. The van der Waals surface area contributed by atoms with Gasteiger partial charge in [0.05, 0.1) is 19.1 Å². The van der Waals surface area contributed by atoms with Gasteiger partial charge < -0.3 is 10.1 Å². The predicted octanol–water partition coefficient (Wildman–Crippen LogP) is 2.14. The SMILES string of the molecule is COc1ccc2c(c1)CC(=O)NC21CCCC1. The third-order valence-corrected chi connectivity index (χ3v) is 4.01. The Morgan fingerprint density at radius 1 is 1.29 bits per heavy atom. The van der Waals surface area contributed by atoms with E-state index in [1.165, 1.54) is 18.4 Å². The van der Waals surface area contributed by atoms with Crippen LogP contribution in [-0.2, 0) is 16.8 Å². The maximum absolute atomic E-state index is 11.8. The summed E-state index contributed by atoms with van der Waals surface area (Å²) < 4.78 is 5.23. The number of ether oxygens (including phenoxy) is 1. The maximum atomic E-state index is 11.8. The van der Waals surface area contributed by atoms with Gasteiger partial charge in [-0.1, -0.05) is 18.9 Å². The predicted molar refractivity (Wildman–Crippen MR) is 65.0 cm³/mol. The average Bonchev–Trinajstić information content (AvgIpc) is 2.77. The summed E-state index contributed by atoms with van der Waals surface area (Å²) >= 11 is 0. The van der Waals surface area contributed by atoms with E-state index in [9.17, 15) is 4.79 Å². The summed E-state index contributed by atoms with van der Waals surface area (Å²) in [6.07, 6.45) is 5.02. The third-order valence-electron chi connectivity index (χ3n) is 4.01. The van der Waals surface area contributed by atoms with Crippen LogP contribution in [0.25, 0.3) is 0 Å². The lowest BCUT2D eigenvalue weighted by atomic mass is 9.81. The monoisotopic (exact) mass is 231 g/mol. The molecule has 1 amide bonds. The van der Waals surface area contributed by atoms with Crippen molar-refractivity contribution in [3.63, 3.8) is 0 Å². The lowest BCUT2D eigenvalue weighted by Crippen LogP contribution is -2.48. The molecule has 2 aliphatic rings. The fraction of sp³-hybridized carbons (Fsp3) is 0.500. The molecule has 0 unspecified atom stereocenters. The van der Waals surface area contributed by atoms with Gasteiger partial charge in [0.1, 0.15) is 5.75 Å². The summed E-state index contributed by atoms with van der Waals surface area (Å²) in [5.74, 6) is 0.985. The van der Waals surface area contributed by atoms with E-state index in [2.05, 4.69) is 11.4 Å². The fourth-order valence-corrected chi connectivity index (χ4v) is 3.23. The second-order valence-electron chi connectivity index (χ2n) is 5.04. The van der Waals surface area contributed by atoms with Crippen molar-refractivity contribution in [2.75, 3.05) is 7.11 Å². The van der Waals surface area contributed by atoms with Gasteiger partial charge in [0.25, 0.3) is 0 Å². The number of rotatable bonds is 1. The summed E-state index contributed by atoms with van der Waals surface area (Å²) in [4.78, 5) is 11.8. The largest absolute Gasteiger partial charge is 0.497 e. The number of amides is 1. The summed E-state index contributed by atoms with van der Waals surface area (Å²) in [7, 11) is 1.66. The number of methoxy groups -OCH3 is 1. The fourth-order valence-electron chi connectivity index (χ4n) is 3.23. The number of hydrogen-bond acceptors (Lipinski definition) is 2. The second kappa shape index (κ2) is 3.76. The Balaban J connectivity index is 2.10. The minimum atomic E-state index is -0.0864. The molecule has 1 spiro atoms. The Hall–Kier alpha value is -1.51. The molecule has 1 N–H and O–H groups in total. The van der Waals surface area contributed by atoms with Gasteiger partial charge in [-0.3, -0.25) is 4.79 Å². The Morgan fingerprint density at radius 3 is 2.76 bits per heavy atom. The highest BCUT2D eigenvalue weighted by Crippen LogP contribution is 2.43. The number of carbonyl (C=O) groups excluding carboxylic acids is 1. The van der Waals surface area contributed by atoms with Crippen molar-refractivity contribution in [1.82, 2.24) is 5.32 Å². The molecule has 3 rings (SSSR count). The van der Waals surface area contributed by atoms with Gasteiger partial charge in [0.15, 0.2) is 0 Å². The first-order valence-electron chi connectivity index (χ1n) is 6.22. The molecule has 1 aliphatic heterocycles. The smallest absolute Gasteiger partial charge is 0.225 e. The molecule has 0 atom stereocenters. The van der Waals surface area contributed by atoms with Crippen LogP contribution in [0.3, 0.4) is 0 Å². The lowest BCUT2D eigenvalue weighted by molar-refractivity contribution is -0.123. The van der Waals surface area contributed by atoms with Crippen LogP contribution in [0.4, 0.5) is 0 Å². The van der Waals surface area contributed by atoms with E-state index < -0.39 is 0 Å². The first-order chi connectivity index (χ1) is 8.23. The van der Waals surface area contributed by atoms with Crippen LogP contribution in [0.2, 0.25) is 0 Å². The van der Waals surface area contributed by atoms with Crippen molar-refractivity contribution < 1.29 is 9.53 Å². The first-order valence-corrected chi connectivity index (χ1v) is 6.22. The van der Waals surface area contributed by atoms with E-state index in [-0.39, 0.29) is 11.4 Å². The molecular formula is C14H17NO2. The topological polar surface area (TPSA) is 38.3 Å². The molecule has 1 aromatic carbocycles. The van der Waals surface area contributed by atoms with E-state index in [0.717, 1.165) is 24.2 Å². The van der Waals surface area contributed by atoms with Crippen LogP contribution < -0.4 is 10.1 Å². The van der Waals surface area contributed by atoms with Crippen molar-refractivity contribution in [2.24, 2.45) is 0 Å². The third kappa shape index (κ3) is 1.61. The van der Waals surface area contributed by atoms with Crippen LogP contribution in [-0.4, -0.2) is 13.0 Å². The quantitative estimate of drug-likeness (QED) is 0.804. The summed E-state index contributed by atoms with van der Waals surface area (Å²) in [6, 6.07) is 6.13. The number of benzene rings is 1. The van der Waals surface area contributed by atoms with E-state index >= 15 is 0 Å². The van der Waals surface area contributed by atoms with Gasteiger partial charge >= 0.3 is 0 Å². The molecule has 1 aromatic rings. The summed E-state index contributed by atoms with van der Waals surface area (Å²) in [6.45, 7) is 0. The van der Waals surface area contributed by atoms with Crippen molar-refractivity contribution in [2.45, 2.75) is 37.6 Å². The standard InChI is InChI=1S/C14H17NO2/c1-17-11-4-5-12-10(8-11)9-13(16)15-14(12)6-2-3-7-14/h4-5,8H,2-3,6-7,9H2,1H3,(H,15,16). The van der Waals surface area contributed by atoms with Gasteiger partial charge in [-0.25, -0.2) is 0 Å². The highest BCUT2D eigenvalue weighted by Gasteiger charge is 2.41. The molecule has 0 bridgehead atoms. The lowest BCUT2D eigenvalue weighted by Gasteiger charge is -2.36. The molecule has 3 nitrogen and oxygen atoms in total. The Morgan fingerprint density at radius 2 is 2.06 bits per heavy atom. The molecule has 3 heteroatoms. The minimum absolute atomic E-state index is 0.0864. The molecule has 1 heterocycles.